The SMILES string of the molecule is Cc1sc2nc(COC(=O)CNC(=O)c3ccc4ccccc4c3)[nH]c(=O)c2c1C. The van der Waals surface area contributed by atoms with E-state index in [4.69, 9.17) is 4.74 Å². The van der Waals surface area contributed by atoms with Crippen molar-refractivity contribution in [2.75, 3.05) is 6.54 Å². The van der Waals surface area contributed by atoms with Gasteiger partial charge >= 0.3 is 5.97 Å². The number of hydrogen-bond acceptors (Lipinski definition) is 6. The first-order chi connectivity index (χ1) is 14.4. The molecule has 1 amide bonds. The molecule has 2 aromatic carbocycles. The van der Waals surface area contributed by atoms with Gasteiger partial charge in [0, 0.05) is 10.4 Å². The van der Waals surface area contributed by atoms with Crippen LogP contribution in [0.2, 0.25) is 0 Å². The van der Waals surface area contributed by atoms with Gasteiger partial charge in [-0.05, 0) is 42.3 Å². The fraction of sp³-hybridized carbons (Fsp3) is 0.182. The van der Waals surface area contributed by atoms with Crippen molar-refractivity contribution < 1.29 is 14.3 Å². The minimum Gasteiger partial charge on any atom is -0.456 e. The second kappa shape index (κ2) is 8.08. The zero-order valence-electron chi connectivity index (χ0n) is 16.4. The molecule has 0 spiro atoms. The van der Waals surface area contributed by atoms with Gasteiger partial charge in [-0.15, -0.1) is 11.3 Å². The zero-order chi connectivity index (χ0) is 21.3. The van der Waals surface area contributed by atoms with Crippen LogP contribution in [-0.4, -0.2) is 28.4 Å². The molecular formula is C22H19N3O4S. The molecule has 0 radical (unpaired) electrons. The van der Waals surface area contributed by atoms with Crippen molar-refractivity contribution >= 4 is 44.2 Å². The number of ether oxygens (including phenoxy) is 1. The van der Waals surface area contributed by atoms with Crippen LogP contribution in [0.3, 0.4) is 0 Å². The Morgan fingerprint density at radius 3 is 2.70 bits per heavy atom. The third kappa shape index (κ3) is 3.95. The van der Waals surface area contributed by atoms with Gasteiger partial charge < -0.3 is 15.0 Å². The number of hydrogen-bond donors (Lipinski definition) is 2. The van der Waals surface area contributed by atoms with Gasteiger partial charge in [0.25, 0.3) is 11.5 Å². The lowest BCUT2D eigenvalue weighted by molar-refractivity contribution is -0.143. The second-order valence-electron chi connectivity index (χ2n) is 6.88. The number of nitrogens with one attached hydrogen (secondary N) is 2. The Kier molecular flexibility index (Phi) is 5.33. The van der Waals surface area contributed by atoms with E-state index >= 15 is 0 Å². The average molecular weight is 421 g/mol. The van der Waals surface area contributed by atoms with Crippen LogP contribution in [0, 0.1) is 13.8 Å². The number of H-pyrrole nitrogens is 1. The fourth-order valence-corrected chi connectivity index (χ4v) is 4.20. The van der Waals surface area contributed by atoms with Crippen molar-refractivity contribution in [1.29, 1.82) is 0 Å². The Balaban J connectivity index is 1.36. The number of carbonyl (C=O) groups is 2. The molecule has 4 aromatic rings. The summed E-state index contributed by atoms with van der Waals surface area (Å²) in [6, 6.07) is 13.0. The molecule has 0 saturated carbocycles. The van der Waals surface area contributed by atoms with Gasteiger partial charge in [0.1, 0.15) is 23.8 Å². The summed E-state index contributed by atoms with van der Waals surface area (Å²) in [6.45, 7) is 3.35. The van der Waals surface area contributed by atoms with E-state index < -0.39 is 5.97 Å². The molecule has 0 aliphatic heterocycles. The molecule has 0 fully saturated rings. The minimum atomic E-state index is -0.620. The number of amides is 1. The topological polar surface area (TPSA) is 101 Å². The van der Waals surface area contributed by atoms with Gasteiger partial charge in [0.15, 0.2) is 0 Å². The monoisotopic (exact) mass is 421 g/mol. The maximum absolute atomic E-state index is 12.3. The number of carbonyl (C=O) groups excluding carboxylic acids is 2. The van der Waals surface area contributed by atoms with Crippen molar-refractivity contribution in [2.24, 2.45) is 0 Å². The van der Waals surface area contributed by atoms with Crippen LogP contribution in [0.25, 0.3) is 21.0 Å². The summed E-state index contributed by atoms with van der Waals surface area (Å²) in [5, 5.41) is 5.09. The molecule has 0 saturated heterocycles. The molecule has 2 aromatic heterocycles. The standard InChI is InChI=1S/C22H19N3O4S/c1-12-13(2)30-22-19(12)21(28)24-17(25-22)11-29-18(26)10-23-20(27)16-8-7-14-5-3-4-6-15(14)9-16/h3-9H,10-11H2,1-2H3,(H,23,27)(H,24,25,28). The lowest BCUT2D eigenvalue weighted by atomic mass is 10.1. The Labute approximate surface area is 175 Å². The normalized spacial score (nSPS) is 11.0. The number of aryl methyl sites for hydroxylation is 2. The number of aromatic amines is 1. The van der Waals surface area contributed by atoms with Gasteiger partial charge in [-0.25, -0.2) is 4.98 Å². The van der Waals surface area contributed by atoms with Crippen LogP contribution >= 0.6 is 11.3 Å². The number of thiophene rings is 1. The van der Waals surface area contributed by atoms with Gasteiger partial charge in [-0.2, -0.15) is 0 Å². The molecule has 152 valence electrons. The highest BCUT2D eigenvalue weighted by Crippen LogP contribution is 2.25. The molecule has 2 N–H and O–H groups in total. The smallest absolute Gasteiger partial charge is 0.325 e. The second-order valence-corrected chi connectivity index (χ2v) is 8.08. The number of aromatic nitrogens is 2. The quantitative estimate of drug-likeness (QED) is 0.482. The third-order valence-electron chi connectivity index (χ3n) is 4.86. The Morgan fingerprint density at radius 2 is 1.90 bits per heavy atom. The van der Waals surface area contributed by atoms with Crippen molar-refractivity contribution in [2.45, 2.75) is 20.5 Å². The van der Waals surface area contributed by atoms with E-state index in [1.165, 1.54) is 11.3 Å². The number of esters is 1. The predicted octanol–water partition coefficient (Wildman–Crippen LogP) is 3.23. The van der Waals surface area contributed by atoms with Gasteiger partial charge in [0.2, 0.25) is 0 Å². The summed E-state index contributed by atoms with van der Waals surface area (Å²) in [4.78, 5) is 45.2. The van der Waals surface area contributed by atoms with E-state index in [1.54, 1.807) is 12.1 Å². The van der Waals surface area contributed by atoms with Crippen LogP contribution in [0.1, 0.15) is 26.6 Å². The molecule has 4 rings (SSSR count). The Morgan fingerprint density at radius 1 is 1.13 bits per heavy atom. The summed E-state index contributed by atoms with van der Waals surface area (Å²) < 4.78 is 5.14. The first kappa shape index (κ1) is 19.8. The number of benzene rings is 2. The van der Waals surface area contributed by atoms with Gasteiger partial charge in [0.05, 0.1) is 5.39 Å². The summed E-state index contributed by atoms with van der Waals surface area (Å²) in [5.74, 6) is -0.719. The highest BCUT2D eigenvalue weighted by atomic mass is 32.1. The average Bonchev–Trinajstić information content (AvgIpc) is 3.04. The number of fused-ring (bicyclic) bond motifs is 2. The lowest BCUT2D eigenvalue weighted by Gasteiger charge is -2.07. The number of nitrogens with zero attached hydrogens (tertiary/aromatic N) is 1. The fourth-order valence-electron chi connectivity index (χ4n) is 3.15. The van der Waals surface area contributed by atoms with Crippen LogP contribution in [0.5, 0.6) is 0 Å². The van der Waals surface area contributed by atoms with E-state index in [-0.39, 0.29) is 30.4 Å². The van der Waals surface area contributed by atoms with E-state index in [0.717, 1.165) is 21.2 Å². The highest BCUT2D eigenvalue weighted by Gasteiger charge is 2.14. The van der Waals surface area contributed by atoms with Crippen LogP contribution in [0.15, 0.2) is 47.3 Å². The molecule has 0 bridgehead atoms. The summed E-state index contributed by atoms with van der Waals surface area (Å²) in [7, 11) is 0. The first-order valence-corrected chi connectivity index (χ1v) is 10.2. The van der Waals surface area contributed by atoms with E-state index in [1.807, 2.05) is 44.2 Å². The number of rotatable bonds is 5. The molecular weight excluding hydrogens is 402 g/mol. The third-order valence-corrected chi connectivity index (χ3v) is 5.96. The molecule has 2 heterocycles. The molecule has 0 atom stereocenters. The maximum Gasteiger partial charge on any atom is 0.325 e. The minimum absolute atomic E-state index is 0.175. The Hall–Kier alpha value is -3.52. The lowest BCUT2D eigenvalue weighted by Crippen LogP contribution is -2.30. The van der Waals surface area contributed by atoms with Crippen LogP contribution < -0.4 is 10.9 Å². The van der Waals surface area contributed by atoms with Gasteiger partial charge in [-0.1, -0.05) is 30.3 Å². The molecule has 0 aliphatic carbocycles. The molecule has 8 heteroatoms. The molecule has 0 unspecified atom stereocenters. The van der Waals surface area contributed by atoms with Crippen molar-refractivity contribution in [3.63, 3.8) is 0 Å². The highest BCUT2D eigenvalue weighted by molar-refractivity contribution is 7.18. The van der Waals surface area contributed by atoms with Crippen molar-refractivity contribution in [3.05, 3.63) is 74.6 Å². The largest absolute Gasteiger partial charge is 0.456 e. The maximum atomic E-state index is 12.3. The summed E-state index contributed by atoms with van der Waals surface area (Å²) in [5.41, 5.74) is 1.11. The molecule has 30 heavy (non-hydrogen) atoms. The van der Waals surface area contributed by atoms with E-state index in [2.05, 4.69) is 15.3 Å². The van der Waals surface area contributed by atoms with Crippen LogP contribution in [-0.2, 0) is 16.1 Å². The zero-order valence-corrected chi connectivity index (χ0v) is 17.3. The van der Waals surface area contributed by atoms with Crippen LogP contribution in [0.4, 0.5) is 0 Å². The first-order valence-electron chi connectivity index (χ1n) is 9.34. The van der Waals surface area contributed by atoms with Crippen molar-refractivity contribution in [3.8, 4) is 0 Å². The van der Waals surface area contributed by atoms with E-state index in [9.17, 15) is 14.4 Å². The Bertz CT molecular complexity index is 1340. The van der Waals surface area contributed by atoms with Crippen molar-refractivity contribution in [1.82, 2.24) is 15.3 Å². The molecule has 0 aliphatic rings. The molecule has 7 nitrogen and oxygen atoms in total. The summed E-state index contributed by atoms with van der Waals surface area (Å²) >= 11 is 1.43. The van der Waals surface area contributed by atoms with E-state index in [0.29, 0.717) is 15.8 Å². The predicted molar refractivity (Wildman–Crippen MR) is 116 cm³/mol. The van der Waals surface area contributed by atoms with Gasteiger partial charge in [-0.3, -0.25) is 14.4 Å². The summed E-state index contributed by atoms with van der Waals surface area (Å²) in [6.07, 6.45) is 0.